The molecule has 4 fully saturated rings. The van der Waals surface area contributed by atoms with E-state index in [1.807, 2.05) is 0 Å². The lowest BCUT2D eigenvalue weighted by Crippen LogP contribution is -2.71. The molecule has 6 aromatic carbocycles. The maximum absolute atomic E-state index is 16.3. The number of phenolic OH excluding ortho intramolecular Hbond substituents is 3. The number of nitrogens with zero attached hydrogens (tertiary/aromatic N) is 1. The molecule has 0 saturated carbocycles. The Kier molecular flexibility index (Phi) is 28.4. The third kappa shape index (κ3) is 20.0. The fraction of sp³-hybridized carbons (Fsp3) is 0.429. The lowest BCUT2D eigenvalue weighted by molar-refractivity contribution is -0.333. The number of carboxylic acids is 1. The van der Waals surface area contributed by atoms with Gasteiger partial charge in [0.05, 0.1) is 48.0 Å². The highest BCUT2D eigenvalue weighted by atomic mass is 35.5. The summed E-state index contributed by atoms with van der Waals surface area (Å²) in [6.07, 6.45) is -20.4. The number of hydrogen-bond donors (Lipinski definition) is 23. The summed E-state index contributed by atoms with van der Waals surface area (Å²) in [7, 11) is 1.46. The summed E-state index contributed by atoms with van der Waals surface area (Å²) < 4.78 is 43.1. The lowest BCUT2D eigenvalue weighted by atomic mass is 9.86. The van der Waals surface area contributed by atoms with Gasteiger partial charge in [-0.3, -0.25) is 47.9 Å². The Labute approximate surface area is 753 Å². The molecule has 11 amide bonds. The van der Waals surface area contributed by atoms with Crippen molar-refractivity contribution < 1.29 is 142 Å². The molecule has 11 bridgehead atoms. The monoisotopic (exact) mass is 1870 g/mol. The summed E-state index contributed by atoms with van der Waals surface area (Å²) in [4.78, 5) is 174. The number of ether oxygens (including phenoxy) is 7. The number of β-lactam (4-membered cyclic amide) rings is 1. The van der Waals surface area contributed by atoms with Crippen molar-refractivity contribution in [2.75, 3.05) is 20.3 Å². The maximum atomic E-state index is 16.3. The Hall–Kier alpha value is -12.0. The van der Waals surface area contributed by atoms with E-state index in [0.717, 1.165) is 66.7 Å². The number of primary amides is 1. The number of amides is 11. The number of hydrogen-bond acceptors (Lipinski definition) is 32. The van der Waals surface area contributed by atoms with Gasteiger partial charge in [0.15, 0.2) is 23.9 Å². The van der Waals surface area contributed by atoms with Crippen molar-refractivity contribution >= 4 is 106 Å². The van der Waals surface area contributed by atoms with E-state index in [9.17, 15) is 79.8 Å². The van der Waals surface area contributed by atoms with E-state index in [0.29, 0.717) is 0 Å². The molecule has 9 aliphatic heterocycles. The van der Waals surface area contributed by atoms with Crippen LogP contribution in [0.1, 0.15) is 131 Å². The minimum absolute atomic E-state index is 0.130. The van der Waals surface area contributed by atoms with E-state index >= 15 is 28.8 Å². The van der Waals surface area contributed by atoms with Crippen LogP contribution >= 0.6 is 35.0 Å². The number of fused-ring (bicyclic) bond motifs is 16. The summed E-state index contributed by atoms with van der Waals surface area (Å²) in [5, 5.41) is 139. The molecule has 4 saturated heterocycles. The van der Waals surface area contributed by atoms with Crippen LogP contribution in [0.5, 0.6) is 51.7 Å². The second kappa shape index (κ2) is 38.6. The number of nitrogens with two attached hydrogens (primary N) is 3. The van der Waals surface area contributed by atoms with Gasteiger partial charge >= 0.3 is 12.1 Å². The number of thioether (sulfide) groups is 1. The van der Waals surface area contributed by atoms with E-state index in [2.05, 4.69) is 53.2 Å². The molecule has 43 nitrogen and oxygen atoms in total. The van der Waals surface area contributed by atoms with Crippen LogP contribution in [0.2, 0.25) is 10.0 Å². The number of aliphatic hydroxyl groups is 6. The molecule has 9 aliphatic rings. The lowest BCUT2D eigenvalue weighted by Gasteiger charge is -2.47. The molecule has 0 aromatic heterocycles. The molecule has 46 heteroatoms. The SMILES string of the molecule is CN[C@H](CC(C)C)C(=O)NC1C(=O)N[C@@H](CC(N)=O)C(=O)N[C@H]2C(=O)N[C@H]3C(=O)N[C@H](C(=O)N[C@H](C(=O)NCNC(=O)Oc4ccc([C@@H](N)C(=O)N[C@@H]5C(=O)N6[C@@H]5SC(C)(C)[C@@H]6C(=O)O)cc4)c4cc(O)cc(O)c4-c4cc3ccc4O)[C@H](O)c3ccc(c(Cl)c3)Oc3cc2cc(c3O[C@@H]2O[C@H](CO)[C@@H](O)[C@H](O)[C@H]2O[C@H]2C[C@](C)(N)[C@H](O)[C@H](C)O2)Oc2ccc(cc2Cl)[C@H]1O. The van der Waals surface area contributed by atoms with Gasteiger partial charge in [0, 0.05) is 33.9 Å². The Morgan fingerprint density at radius 2 is 1.30 bits per heavy atom. The van der Waals surface area contributed by atoms with Crippen LogP contribution in [0.15, 0.2) is 103 Å². The molecule has 6 aromatic rings. The van der Waals surface area contributed by atoms with Crippen molar-refractivity contribution in [3.63, 3.8) is 0 Å². The Morgan fingerprint density at radius 1 is 0.685 bits per heavy atom. The first kappa shape index (κ1) is 95.6. The first-order valence-corrected chi connectivity index (χ1v) is 42.3. The fourth-order valence-corrected chi connectivity index (χ4v) is 18.3. The number of nitrogens with one attached hydrogen (secondary N) is 10. The molecule has 9 heterocycles. The highest BCUT2D eigenvalue weighted by Crippen LogP contribution is 2.53. The number of aliphatic hydroxyl groups excluding tert-OH is 6. The molecule has 696 valence electrons. The van der Waals surface area contributed by atoms with Crippen molar-refractivity contribution in [3.8, 4) is 62.9 Å². The van der Waals surface area contributed by atoms with Crippen molar-refractivity contribution in [1.29, 1.82) is 0 Å². The molecule has 1 unspecified atom stereocenters. The van der Waals surface area contributed by atoms with Gasteiger partial charge in [-0.2, -0.15) is 0 Å². The van der Waals surface area contributed by atoms with Crippen LogP contribution in [-0.4, -0.2) is 249 Å². The summed E-state index contributed by atoms with van der Waals surface area (Å²) in [6, 6.07) is 0.303. The van der Waals surface area contributed by atoms with Gasteiger partial charge in [-0.15, -0.1) is 11.8 Å². The number of carbonyl (C=O) groups excluding carboxylic acids is 11. The normalized spacial score (nSPS) is 28.7. The van der Waals surface area contributed by atoms with E-state index in [4.69, 9.17) is 73.6 Å². The third-order valence-electron chi connectivity index (χ3n) is 23.0. The molecule has 0 spiro atoms. The number of halogens is 2. The van der Waals surface area contributed by atoms with Crippen LogP contribution in [0, 0.1) is 5.92 Å². The Bertz CT molecular complexity index is 5470. The van der Waals surface area contributed by atoms with E-state index in [1.165, 1.54) is 74.0 Å². The van der Waals surface area contributed by atoms with Gasteiger partial charge in [-0.1, -0.05) is 67.4 Å². The minimum atomic E-state index is -2.41. The molecule has 0 aliphatic carbocycles. The Morgan fingerprint density at radius 3 is 1.91 bits per heavy atom. The smallest absolute Gasteiger partial charge is 0.413 e. The van der Waals surface area contributed by atoms with Crippen LogP contribution < -0.4 is 89.3 Å². The van der Waals surface area contributed by atoms with Gasteiger partial charge in [0.2, 0.25) is 71.1 Å². The van der Waals surface area contributed by atoms with Crippen molar-refractivity contribution in [2.24, 2.45) is 23.1 Å². The van der Waals surface area contributed by atoms with Crippen molar-refractivity contribution in [1.82, 2.24) is 58.1 Å². The quantitative estimate of drug-likeness (QED) is 0.0339. The van der Waals surface area contributed by atoms with E-state index in [1.54, 1.807) is 27.7 Å². The minimum Gasteiger partial charge on any atom is -0.508 e. The number of aliphatic carboxylic acids is 1. The first-order chi connectivity index (χ1) is 61.3. The largest absolute Gasteiger partial charge is 0.508 e. The van der Waals surface area contributed by atoms with Crippen molar-refractivity contribution in [2.45, 2.75) is 198 Å². The zero-order valence-corrected chi connectivity index (χ0v) is 72.5. The van der Waals surface area contributed by atoms with Crippen LogP contribution in [0.25, 0.3) is 11.1 Å². The molecule has 0 radical (unpaired) electrons. The number of rotatable bonds is 20. The predicted molar refractivity (Wildman–Crippen MR) is 453 cm³/mol. The number of benzene rings is 6. The average Bonchev–Trinajstić information content (AvgIpc) is 1.56. The van der Waals surface area contributed by atoms with Gasteiger partial charge < -0.3 is 159 Å². The third-order valence-corrected chi connectivity index (χ3v) is 25.2. The van der Waals surface area contributed by atoms with Crippen LogP contribution in [-0.2, 0) is 67.0 Å². The predicted octanol–water partition coefficient (Wildman–Crippen LogP) is -0.485. The second-order valence-corrected chi connectivity index (χ2v) is 35.9. The fourth-order valence-electron chi connectivity index (χ4n) is 16.2. The maximum Gasteiger partial charge on any atom is 0.413 e. The average molecular weight is 1870 g/mol. The van der Waals surface area contributed by atoms with Gasteiger partial charge in [-0.05, 0) is 147 Å². The first-order valence-electron chi connectivity index (χ1n) is 40.7. The molecular weight excluding hydrogens is 1770 g/mol. The summed E-state index contributed by atoms with van der Waals surface area (Å²) in [6.45, 7) is 8.04. The van der Waals surface area contributed by atoms with Crippen LogP contribution in [0.3, 0.4) is 0 Å². The summed E-state index contributed by atoms with van der Waals surface area (Å²) >= 11 is 15.5. The molecule has 26 N–H and O–H groups in total. The Balaban J connectivity index is 0.897. The topological polar surface area (TPSA) is 673 Å². The number of likely N-dealkylation sites (N-methyl/N-ethyl adjacent to an activating group) is 1. The van der Waals surface area contributed by atoms with Crippen LogP contribution in [0.4, 0.5) is 4.79 Å². The molecule has 22 atom stereocenters. The van der Waals surface area contributed by atoms with Gasteiger partial charge in [0.1, 0.15) is 125 Å². The number of aromatic hydroxyl groups is 3. The zero-order valence-electron chi connectivity index (χ0n) is 70.1. The molecule has 15 rings (SSSR count). The number of carboxylic acid groups (broad SMARTS) is 1. The standard InChI is InChI=1S/C84H96Cl2N14O29S/c1-30(2)18-43(90-7)70(111)97-59-62(106)34-11-16-47(41(85)20-34)125-49-22-36-23-50(66(49)129-81-67(65(109)64(108)51(28-101)127-81)128-53-27-84(6,89)69(110)31(3)123-53)126-48-17-12-35(21-42(48)86)63(107)60-77(118)96-58(73(114)91-29-92-82(122)124-38-13-8-32(9-14-38)55(88)72(113)99-61-78(119)100-68(80(120)121)83(4,5)130-79(61)100)40-24-37(102)25-46(104)54(40)39-19-33(10-15-45(39)103)56(74(115)98-60)95-75(116)57(36)94-71(112)44(26-52(87)105)93-76(59)117/h8-17,19-25,30-31,43-44,51,53,55-65,67-69,79,81,90,101-104,106-110H,18,26-29,88-89H2,1-7H3,(H2,87,105)(H,91,114)(H,92,122)(H,93,117)(H,94,112)(H,95,116)(H,96,118)(H,97,111)(H,98,115)(H,99,113)(H,120,121)/t31-,43+,44-,51+,53-,55+,56+,57+,58-,59?,60-,61+,62+,63+,64+,65-,67+,68-,69+,79+,81-,84-/m0/s1. The highest BCUT2D eigenvalue weighted by Gasteiger charge is 2.64. The summed E-state index contributed by atoms with van der Waals surface area (Å²) in [5.41, 5.74) is 14.3. The molecular formula is C84H96Cl2N14O29S. The molecule has 130 heavy (non-hydrogen) atoms. The van der Waals surface area contributed by atoms with Gasteiger partial charge in [0.25, 0.3) is 0 Å². The van der Waals surface area contributed by atoms with E-state index in [-0.39, 0.29) is 46.9 Å². The van der Waals surface area contributed by atoms with Gasteiger partial charge in [-0.25, -0.2) is 9.59 Å². The highest BCUT2D eigenvalue weighted by molar-refractivity contribution is 8.01. The number of carbonyl (C=O) groups is 12. The number of phenols is 3. The van der Waals surface area contributed by atoms with E-state index < -0.39 is 306 Å². The summed E-state index contributed by atoms with van der Waals surface area (Å²) in [5.74, 6) is -18.9. The zero-order chi connectivity index (χ0) is 94.5. The second-order valence-electron chi connectivity index (χ2n) is 33.3. The van der Waals surface area contributed by atoms with Crippen molar-refractivity contribution in [3.05, 3.63) is 147 Å².